The molecule has 88 valence electrons. The van der Waals surface area contributed by atoms with Gasteiger partial charge >= 0.3 is 0 Å². The van der Waals surface area contributed by atoms with E-state index in [-0.39, 0.29) is 0 Å². The molecule has 0 spiro atoms. The van der Waals surface area contributed by atoms with Gasteiger partial charge in [0.1, 0.15) is 17.0 Å². The molecular formula is C12H9Cl2NO2. The molecule has 3 nitrogen and oxygen atoms in total. The van der Waals surface area contributed by atoms with Crippen LogP contribution in [0, 0.1) is 13.8 Å². The van der Waals surface area contributed by atoms with Gasteiger partial charge in [-0.2, -0.15) is 0 Å². The molecule has 0 radical (unpaired) electrons. The van der Waals surface area contributed by atoms with Crippen molar-refractivity contribution in [2.45, 2.75) is 13.8 Å². The fourth-order valence-corrected chi connectivity index (χ4v) is 1.93. The highest BCUT2D eigenvalue weighted by Crippen LogP contribution is 2.29. The molecule has 0 N–H and O–H groups in total. The summed E-state index contributed by atoms with van der Waals surface area (Å²) >= 11 is 11.4. The lowest BCUT2D eigenvalue weighted by molar-refractivity contribution is 0.108. The smallest absolute Gasteiger partial charge is 0.258 e. The quantitative estimate of drug-likeness (QED) is 0.775. The van der Waals surface area contributed by atoms with Crippen molar-refractivity contribution in [3.8, 4) is 11.3 Å². The van der Waals surface area contributed by atoms with E-state index in [0.29, 0.717) is 22.0 Å². The molecule has 2 rings (SSSR count). The van der Waals surface area contributed by atoms with Crippen molar-refractivity contribution in [1.82, 2.24) is 5.16 Å². The highest BCUT2D eigenvalue weighted by molar-refractivity contribution is 6.68. The largest absolute Gasteiger partial charge is 0.360 e. The van der Waals surface area contributed by atoms with Gasteiger partial charge in [0.25, 0.3) is 5.24 Å². The average Bonchev–Trinajstić information content (AvgIpc) is 2.64. The number of aromatic nitrogens is 1. The monoisotopic (exact) mass is 269 g/mol. The number of carbonyl (C=O) groups excluding carboxylic acids is 1. The zero-order valence-electron chi connectivity index (χ0n) is 9.25. The van der Waals surface area contributed by atoms with Gasteiger partial charge in [0, 0.05) is 10.6 Å². The van der Waals surface area contributed by atoms with Gasteiger partial charge in [-0.05, 0) is 43.1 Å². The van der Waals surface area contributed by atoms with Crippen LogP contribution in [-0.2, 0) is 0 Å². The fraction of sp³-hybridized carbons (Fsp3) is 0.167. The summed E-state index contributed by atoms with van der Waals surface area (Å²) < 4.78 is 4.99. The molecule has 0 fully saturated rings. The third kappa shape index (κ3) is 2.21. The van der Waals surface area contributed by atoms with Crippen LogP contribution < -0.4 is 0 Å². The number of hydrogen-bond donors (Lipinski definition) is 0. The van der Waals surface area contributed by atoms with E-state index in [1.54, 1.807) is 19.1 Å². The van der Waals surface area contributed by atoms with Gasteiger partial charge in [-0.3, -0.25) is 4.79 Å². The van der Waals surface area contributed by atoms with E-state index in [4.69, 9.17) is 27.7 Å². The summed E-state index contributed by atoms with van der Waals surface area (Å²) in [7, 11) is 0. The van der Waals surface area contributed by atoms with Gasteiger partial charge in [0.2, 0.25) is 0 Å². The van der Waals surface area contributed by atoms with E-state index in [1.807, 2.05) is 13.0 Å². The minimum atomic E-state index is -0.577. The Morgan fingerprint density at radius 1 is 1.35 bits per heavy atom. The average molecular weight is 270 g/mol. The van der Waals surface area contributed by atoms with Crippen molar-refractivity contribution >= 4 is 28.4 Å². The molecule has 0 aliphatic rings. The third-order valence-corrected chi connectivity index (χ3v) is 3.10. The number of halogens is 2. The molecule has 0 atom stereocenters. The Hall–Kier alpha value is -1.32. The van der Waals surface area contributed by atoms with Crippen molar-refractivity contribution in [2.75, 3.05) is 0 Å². The van der Waals surface area contributed by atoms with Gasteiger partial charge < -0.3 is 4.52 Å². The molecule has 1 heterocycles. The SMILES string of the molecule is Cc1cc(-c2noc(C)c2C(=O)Cl)ccc1Cl. The molecule has 0 saturated carbocycles. The first kappa shape index (κ1) is 12.1. The zero-order valence-corrected chi connectivity index (χ0v) is 10.8. The molecule has 1 aromatic heterocycles. The second-order valence-electron chi connectivity index (χ2n) is 3.70. The first-order valence-electron chi connectivity index (χ1n) is 4.93. The van der Waals surface area contributed by atoms with E-state index in [9.17, 15) is 4.79 Å². The maximum absolute atomic E-state index is 11.3. The summed E-state index contributed by atoms with van der Waals surface area (Å²) in [5, 5.41) is 3.94. The molecule has 0 aliphatic heterocycles. The predicted octanol–water partition coefficient (Wildman–Crippen LogP) is 3.99. The Morgan fingerprint density at radius 2 is 2.06 bits per heavy atom. The highest BCUT2D eigenvalue weighted by Gasteiger charge is 2.20. The van der Waals surface area contributed by atoms with Gasteiger partial charge in [-0.1, -0.05) is 22.8 Å². The van der Waals surface area contributed by atoms with Crippen LogP contribution >= 0.6 is 23.2 Å². The molecule has 0 saturated heterocycles. The topological polar surface area (TPSA) is 43.1 Å². The van der Waals surface area contributed by atoms with Crippen molar-refractivity contribution in [1.29, 1.82) is 0 Å². The predicted molar refractivity (Wildman–Crippen MR) is 66.6 cm³/mol. The number of carbonyl (C=O) groups is 1. The summed E-state index contributed by atoms with van der Waals surface area (Å²) in [6.07, 6.45) is 0. The van der Waals surface area contributed by atoms with Crippen LogP contribution in [0.3, 0.4) is 0 Å². The molecular weight excluding hydrogens is 261 g/mol. The van der Waals surface area contributed by atoms with Crippen LogP contribution in [0.4, 0.5) is 0 Å². The van der Waals surface area contributed by atoms with Crippen molar-refractivity contribution in [3.63, 3.8) is 0 Å². The molecule has 0 amide bonds. The maximum Gasteiger partial charge on any atom is 0.258 e. The number of rotatable bonds is 2. The standard InChI is InChI=1S/C12H9Cl2NO2/c1-6-5-8(3-4-9(6)13)11-10(12(14)16)7(2)17-15-11/h3-5H,1-2H3. The van der Waals surface area contributed by atoms with E-state index < -0.39 is 5.24 Å². The lowest BCUT2D eigenvalue weighted by atomic mass is 10.0. The van der Waals surface area contributed by atoms with Gasteiger partial charge in [-0.25, -0.2) is 0 Å². The first-order chi connectivity index (χ1) is 8.00. The van der Waals surface area contributed by atoms with Crippen LogP contribution in [-0.4, -0.2) is 10.4 Å². The summed E-state index contributed by atoms with van der Waals surface area (Å²) in [4.78, 5) is 11.3. The number of aryl methyl sites for hydroxylation is 2. The maximum atomic E-state index is 11.3. The third-order valence-electron chi connectivity index (χ3n) is 2.49. The lowest BCUT2D eigenvalue weighted by Gasteiger charge is -2.01. The Morgan fingerprint density at radius 3 is 2.65 bits per heavy atom. The summed E-state index contributed by atoms with van der Waals surface area (Å²) in [6.45, 7) is 3.52. The van der Waals surface area contributed by atoms with Crippen molar-refractivity contribution in [3.05, 3.63) is 40.1 Å². The molecule has 17 heavy (non-hydrogen) atoms. The first-order valence-corrected chi connectivity index (χ1v) is 5.69. The summed E-state index contributed by atoms with van der Waals surface area (Å²) in [6, 6.07) is 5.36. The van der Waals surface area contributed by atoms with Crippen LogP contribution in [0.15, 0.2) is 22.7 Å². The van der Waals surface area contributed by atoms with Crippen LogP contribution in [0.1, 0.15) is 21.7 Å². The second kappa shape index (κ2) is 4.51. The van der Waals surface area contributed by atoms with E-state index in [2.05, 4.69) is 5.16 Å². The van der Waals surface area contributed by atoms with Crippen molar-refractivity contribution in [2.24, 2.45) is 0 Å². The lowest BCUT2D eigenvalue weighted by Crippen LogP contribution is -1.93. The van der Waals surface area contributed by atoms with E-state index in [1.165, 1.54) is 0 Å². The molecule has 0 bridgehead atoms. The normalized spacial score (nSPS) is 10.6. The number of benzene rings is 1. The van der Waals surface area contributed by atoms with E-state index >= 15 is 0 Å². The van der Waals surface area contributed by atoms with E-state index in [0.717, 1.165) is 11.1 Å². The summed E-state index contributed by atoms with van der Waals surface area (Å²) in [5.41, 5.74) is 2.40. The highest BCUT2D eigenvalue weighted by atomic mass is 35.5. The van der Waals surface area contributed by atoms with Crippen LogP contribution in [0.2, 0.25) is 5.02 Å². The second-order valence-corrected chi connectivity index (χ2v) is 4.45. The fourth-order valence-electron chi connectivity index (χ4n) is 1.59. The van der Waals surface area contributed by atoms with Crippen LogP contribution in [0.5, 0.6) is 0 Å². The Labute approximate surface area is 108 Å². The van der Waals surface area contributed by atoms with Gasteiger partial charge in [0.15, 0.2) is 0 Å². The summed E-state index contributed by atoms with van der Waals surface area (Å²) in [5.74, 6) is 0.410. The molecule has 0 aliphatic carbocycles. The molecule has 0 unspecified atom stereocenters. The zero-order chi connectivity index (χ0) is 12.6. The Kier molecular flexibility index (Phi) is 3.22. The minimum absolute atomic E-state index is 0.299. The van der Waals surface area contributed by atoms with Crippen LogP contribution in [0.25, 0.3) is 11.3 Å². The number of nitrogens with zero attached hydrogens (tertiary/aromatic N) is 1. The molecule has 2 aromatic rings. The van der Waals surface area contributed by atoms with Gasteiger partial charge in [0.05, 0.1) is 0 Å². The van der Waals surface area contributed by atoms with Crippen molar-refractivity contribution < 1.29 is 9.32 Å². The minimum Gasteiger partial charge on any atom is -0.360 e. The molecule has 1 aromatic carbocycles. The Balaban J connectivity index is 2.60. The van der Waals surface area contributed by atoms with Gasteiger partial charge in [-0.15, -0.1) is 0 Å². The Bertz CT molecular complexity index is 590. The number of hydrogen-bond acceptors (Lipinski definition) is 3. The molecule has 5 heteroatoms.